The lowest BCUT2D eigenvalue weighted by Crippen LogP contribution is -2.42. The molecule has 2 aromatic carbocycles. The highest BCUT2D eigenvalue weighted by atomic mass is 16.7. The van der Waals surface area contributed by atoms with E-state index in [-0.39, 0.29) is 31.1 Å². The monoisotopic (exact) mass is 410 g/mol. The van der Waals surface area contributed by atoms with Gasteiger partial charge in [0.2, 0.25) is 6.79 Å². The molecule has 30 heavy (non-hydrogen) atoms. The van der Waals surface area contributed by atoms with Gasteiger partial charge in [-0.1, -0.05) is 18.2 Å². The number of carbonyl (C=O) groups excluding carboxylic acids is 3. The van der Waals surface area contributed by atoms with E-state index in [0.717, 1.165) is 5.69 Å². The van der Waals surface area contributed by atoms with Crippen LogP contribution >= 0.6 is 0 Å². The maximum atomic E-state index is 12.4. The molecular weight excluding hydrogens is 388 g/mol. The highest BCUT2D eigenvalue weighted by Gasteiger charge is 2.29. The molecule has 8 nitrogen and oxygen atoms in total. The number of piperidine rings is 1. The van der Waals surface area contributed by atoms with Gasteiger partial charge in [-0.2, -0.15) is 0 Å². The Kier molecular flexibility index (Phi) is 5.83. The van der Waals surface area contributed by atoms with Crippen molar-refractivity contribution in [2.75, 3.05) is 31.8 Å². The van der Waals surface area contributed by atoms with Crippen molar-refractivity contribution < 1.29 is 28.6 Å². The molecule has 0 saturated carbocycles. The molecule has 0 atom stereocenters. The van der Waals surface area contributed by atoms with Crippen LogP contribution in [-0.2, 0) is 9.53 Å². The van der Waals surface area contributed by atoms with E-state index in [4.69, 9.17) is 14.2 Å². The van der Waals surface area contributed by atoms with Gasteiger partial charge in [0.1, 0.15) is 0 Å². The number of para-hydroxylation sites is 1. The fraction of sp³-hybridized carbons (Fsp3) is 0.318. The summed E-state index contributed by atoms with van der Waals surface area (Å²) in [6.45, 7) is 0.709. The quantitative estimate of drug-likeness (QED) is 0.601. The summed E-state index contributed by atoms with van der Waals surface area (Å²) in [7, 11) is 0. The number of ketones is 1. The number of likely N-dealkylation sites (tertiary alicyclic amines) is 1. The predicted octanol–water partition coefficient (Wildman–Crippen LogP) is 3.09. The van der Waals surface area contributed by atoms with Crippen LogP contribution in [0, 0.1) is 5.92 Å². The van der Waals surface area contributed by atoms with Crippen LogP contribution in [0.1, 0.15) is 23.2 Å². The standard InChI is InChI=1S/C22H22N2O6/c25-18(16-6-7-19-20(12-16)30-14-29-19)13-28-21(26)15-8-10-24(11-9-15)22(27)23-17-4-2-1-3-5-17/h1-7,12,15H,8-11,13-14H2,(H,23,27). The van der Waals surface area contributed by atoms with Crippen LogP contribution in [0.5, 0.6) is 11.5 Å². The molecule has 0 aromatic heterocycles. The smallest absolute Gasteiger partial charge is 0.321 e. The third-order valence-electron chi connectivity index (χ3n) is 5.18. The van der Waals surface area contributed by atoms with Gasteiger partial charge < -0.3 is 24.4 Å². The fourth-order valence-corrected chi connectivity index (χ4v) is 3.45. The Morgan fingerprint density at radius 1 is 1.00 bits per heavy atom. The van der Waals surface area contributed by atoms with E-state index in [1.807, 2.05) is 30.3 Å². The highest BCUT2D eigenvalue weighted by molar-refractivity contribution is 5.98. The number of rotatable bonds is 5. The topological polar surface area (TPSA) is 94.2 Å². The highest BCUT2D eigenvalue weighted by Crippen LogP contribution is 2.32. The Morgan fingerprint density at radius 3 is 2.50 bits per heavy atom. The molecule has 0 bridgehead atoms. The second-order valence-corrected chi connectivity index (χ2v) is 7.16. The van der Waals surface area contributed by atoms with Crippen LogP contribution < -0.4 is 14.8 Å². The van der Waals surface area contributed by atoms with Crippen molar-refractivity contribution in [2.24, 2.45) is 5.92 Å². The lowest BCUT2D eigenvalue weighted by atomic mass is 9.97. The van der Waals surface area contributed by atoms with Crippen LogP contribution in [0.3, 0.4) is 0 Å². The molecule has 0 aliphatic carbocycles. The molecule has 156 valence electrons. The van der Waals surface area contributed by atoms with Gasteiger partial charge in [0.25, 0.3) is 0 Å². The van der Waals surface area contributed by atoms with E-state index in [1.54, 1.807) is 23.1 Å². The summed E-state index contributed by atoms with van der Waals surface area (Å²) in [5.41, 5.74) is 1.13. The first-order valence-electron chi connectivity index (χ1n) is 9.80. The number of Topliss-reactive ketones (excluding diaryl/α,β-unsaturated/α-hetero) is 1. The lowest BCUT2D eigenvalue weighted by Gasteiger charge is -2.30. The van der Waals surface area contributed by atoms with E-state index in [9.17, 15) is 14.4 Å². The lowest BCUT2D eigenvalue weighted by molar-refractivity contribution is -0.148. The number of esters is 1. The van der Waals surface area contributed by atoms with Gasteiger partial charge in [-0.3, -0.25) is 9.59 Å². The SMILES string of the molecule is O=C(COC(=O)C1CCN(C(=O)Nc2ccccc2)CC1)c1ccc2c(c1)OCO2. The van der Waals surface area contributed by atoms with Gasteiger partial charge in [-0.15, -0.1) is 0 Å². The molecular formula is C22H22N2O6. The van der Waals surface area contributed by atoms with Gasteiger partial charge in [0, 0.05) is 24.3 Å². The largest absolute Gasteiger partial charge is 0.457 e. The van der Waals surface area contributed by atoms with Crippen molar-refractivity contribution in [3.8, 4) is 11.5 Å². The zero-order valence-corrected chi connectivity index (χ0v) is 16.3. The number of nitrogens with zero attached hydrogens (tertiary/aromatic N) is 1. The second-order valence-electron chi connectivity index (χ2n) is 7.16. The number of hydrogen-bond acceptors (Lipinski definition) is 6. The molecule has 0 unspecified atom stereocenters. The van der Waals surface area contributed by atoms with E-state index in [1.165, 1.54) is 0 Å². The third-order valence-corrected chi connectivity index (χ3v) is 5.18. The van der Waals surface area contributed by atoms with Crippen LogP contribution in [0.25, 0.3) is 0 Å². The Balaban J connectivity index is 1.22. The number of hydrogen-bond donors (Lipinski definition) is 1. The number of urea groups is 1. The van der Waals surface area contributed by atoms with E-state index in [0.29, 0.717) is 43.0 Å². The number of anilines is 1. The van der Waals surface area contributed by atoms with Crippen molar-refractivity contribution in [3.63, 3.8) is 0 Å². The Labute approximate surface area is 173 Å². The number of fused-ring (bicyclic) bond motifs is 1. The van der Waals surface area contributed by atoms with Crippen molar-refractivity contribution in [3.05, 3.63) is 54.1 Å². The van der Waals surface area contributed by atoms with Gasteiger partial charge in [-0.25, -0.2) is 4.79 Å². The minimum Gasteiger partial charge on any atom is -0.457 e. The first kappa shape index (κ1) is 19.8. The molecule has 0 radical (unpaired) electrons. The maximum absolute atomic E-state index is 12.4. The minimum absolute atomic E-state index is 0.129. The summed E-state index contributed by atoms with van der Waals surface area (Å²) in [6.07, 6.45) is 0.999. The van der Waals surface area contributed by atoms with Crippen molar-refractivity contribution in [1.82, 2.24) is 4.90 Å². The molecule has 8 heteroatoms. The average molecular weight is 410 g/mol. The normalized spacial score (nSPS) is 15.5. The van der Waals surface area contributed by atoms with Gasteiger partial charge >= 0.3 is 12.0 Å². The number of carbonyl (C=O) groups is 3. The predicted molar refractivity (Wildman–Crippen MR) is 108 cm³/mol. The summed E-state index contributed by atoms with van der Waals surface area (Å²) in [6, 6.07) is 13.9. The van der Waals surface area contributed by atoms with E-state index < -0.39 is 5.97 Å². The fourth-order valence-electron chi connectivity index (χ4n) is 3.45. The Bertz CT molecular complexity index is 938. The average Bonchev–Trinajstić information content (AvgIpc) is 3.26. The second kappa shape index (κ2) is 8.86. The van der Waals surface area contributed by atoms with Crippen LogP contribution in [0.15, 0.2) is 48.5 Å². The van der Waals surface area contributed by atoms with Crippen molar-refractivity contribution in [1.29, 1.82) is 0 Å². The molecule has 2 aliphatic heterocycles. The maximum Gasteiger partial charge on any atom is 0.321 e. The summed E-state index contributed by atoms with van der Waals surface area (Å²) in [5.74, 6) is 0.0591. The van der Waals surface area contributed by atoms with Crippen LogP contribution in [-0.4, -0.2) is 49.2 Å². The molecule has 1 fully saturated rings. The molecule has 2 aliphatic rings. The Morgan fingerprint density at radius 2 is 1.73 bits per heavy atom. The summed E-state index contributed by atoms with van der Waals surface area (Å²) < 4.78 is 15.7. The number of amides is 2. The van der Waals surface area contributed by atoms with Crippen LogP contribution in [0.2, 0.25) is 0 Å². The van der Waals surface area contributed by atoms with Gasteiger partial charge in [0.05, 0.1) is 5.92 Å². The zero-order chi connectivity index (χ0) is 20.9. The number of benzene rings is 2. The minimum atomic E-state index is -0.410. The first-order valence-corrected chi connectivity index (χ1v) is 9.80. The summed E-state index contributed by atoms with van der Waals surface area (Å²) >= 11 is 0. The summed E-state index contributed by atoms with van der Waals surface area (Å²) in [5, 5.41) is 2.84. The zero-order valence-electron chi connectivity index (χ0n) is 16.3. The molecule has 0 spiro atoms. The molecule has 1 N–H and O–H groups in total. The van der Waals surface area contributed by atoms with Gasteiger partial charge in [-0.05, 0) is 43.2 Å². The number of nitrogens with one attached hydrogen (secondary N) is 1. The van der Waals surface area contributed by atoms with Crippen molar-refractivity contribution >= 4 is 23.5 Å². The molecule has 2 aromatic rings. The number of ether oxygens (including phenoxy) is 3. The molecule has 2 amide bonds. The van der Waals surface area contributed by atoms with Crippen molar-refractivity contribution in [2.45, 2.75) is 12.8 Å². The summed E-state index contributed by atoms with van der Waals surface area (Å²) in [4.78, 5) is 38.7. The Hall–Kier alpha value is -3.55. The third kappa shape index (κ3) is 4.53. The van der Waals surface area contributed by atoms with Crippen LogP contribution in [0.4, 0.5) is 10.5 Å². The van der Waals surface area contributed by atoms with E-state index >= 15 is 0 Å². The molecule has 1 saturated heterocycles. The molecule has 2 heterocycles. The first-order chi connectivity index (χ1) is 14.6. The van der Waals surface area contributed by atoms with E-state index in [2.05, 4.69) is 5.32 Å². The molecule has 4 rings (SSSR count). The van der Waals surface area contributed by atoms with Gasteiger partial charge in [0.15, 0.2) is 23.9 Å².